The van der Waals surface area contributed by atoms with E-state index >= 15 is 0 Å². The largest absolute Gasteiger partial charge is 0.480 e. The van der Waals surface area contributed by atoms with E-state index in [1.54, 1.807) is 6.92 Å². The van der Waals surface area contributed by atoms with Gasteiger partial charge in [-0.2, -0.15) is 0 Å². The van der Waals surface area contributed by atoms with E-state index in [0.717, 1.165) is 14.6 Å². The number of pyridine rings is 1. The third kappa shape index (κ3) is 3.05. The predicted octanol–water partition coefficient (Wildman–Crippen LogP) is 3.91. The number of carboxylic acid groups (broad SMARTS) is 1. The summed E-state index contributed by atoms with van der Waals surface area (Å²) in [6.07, 6.45) is 0. The lowest BCUT2D eigenvalue weighted by Crippen LogP contribution is -2.27. The molecular weight excluding hydrogens is 429 g/mol. The summed E-state index contributed by atoms with van der Waals surface area (Å²) in [5.74, 6) is -1.43. The first-order chi connectivity index (χ1) is 13.3. The lowest BCUT2D eigenvalue weighted by atomic mass is 10.0. The quantitative estimate of drug-likeness (QED) is 0.487. The highest BCUT2D eigenvalue weighted by Gasteiger charge is 2.19. The van der Waals surface area contributed by atoms with E-state index in [0.29, 0.717) is 22.1 Å². The zero-order chi connectivity index (χ0) is 20.0. The van der Waals surface area contributed by atoms with E-state index in [1.807, 2.05) is 24.3 Å². The molecule has 0 unspecified atom stereocenters. The molecule has 4 rings (SSSR count). The summed E-state index contributed by atoms with van der Waals surface area (Å²) in [5, 5.41) is 9.59. The van der Waals surface area contributed by atoms with Crippen LogP contribution in [0.25, 0.3) is 33.1 Å². The normalized spacial score (nSPS) is 11.2. The molecule has 4 aromatic rings. The molecule has 0 amide bonds. The minimum atomic E-state index is -1.16. The van der Waals surface area contributed by atoms with Crippen molar-refractivity contribution in [3.63, 3.8) is 0 Å². The third-order valence-electron chi connectivity index (χ3n) is 4.46. The molecule has 2 heterocycles. The maximum Gasteiger partial charge on any atom is 0.323 e. The molecule has 0 saturated heterocycles. The van der Waals surface area contributed by atoms with Crippen LogP contribution in [0.2, 0.25) is 0 Å². The number of aryl methyl sites for hydroxylation is 1. The average Bonchev–Trinajstić information content (AvgIpc) is 2.65. The Morgan fingerprint density at radius 1 is 1.18 bits per heavy atom. The number of fused-ring (bicyclic) bond motifs is 3. The van der Waals surface area contributed by atoms with Gasteiger partial charge in [0.1, 0.15) is 23.7 Å². The van der Waals surface area contributed by atoms with Gasteiger partial charge in [-0.05, 0) is 37.3 Å². The molecule has 0 radical (unpaired) electrons. The van der Waals surface area contributed by atoms with E-state index < -0.39 is 23.9 Å². The van der Waals surface area contributed by atoms with Crippen molar-refractivity contribution in [1.29, 1.82) is 0 Å². The second kappa shape index (κ2) is 6.79. The molecule has 0 atom stereocenters. The number of nitrogens with zero attached hydrogens (tertiary/aromatic N) is 3. The molecule has 0 aliphatic carbocycles. The summed E-state index contributed by atoms with van der Waals surface area (Å²) in [5.41, 5.74) is 1.41. The first-order valence-corrected chi connectivity index (χ1v) is 9.12. The van der Waals surface area contributed by atoms with Crippen molar-refractivity contribution < 1.29 is 14.3 Å². The molecule has 0 saturated carbocycles. The summed E-state index contributed by atoms with van der Waals surface area (Å²) in [4.78, 5) is 33.4. The van der Waals surface area contributed by atoms with Crippen LogP contribution in [-0.2, 0) is 11.3 Å². The summed E-state index contributed by atoms with van der Waals surface area (Å²) >= 11 is 3.38. The van der Waals surface area contributed by atoms with Gasteiger partial charge in [-0.3, -0.25) is 14.2 Å². The van der Waals surface area contributed by atoms with Gasteiger partial charge in [-0.15, -0.1) is 0 Å². The zero-order valence-electron chi connectivity index (χ0n) is 14.6. The fourth-order valence-corrected chi connectivity index (χ4v) is 3.45. The molecule has 2 aromatic heterocycles. The Bertz CT molecular complexity index is 1320. The molecule has 0 fully saturated rings. The molecule has 6 nitrogen and oxygen atoms in total. The molecule has 0 spiro atoms. The minimum absolute atomic E-state index is 0.147. The predicted molar refractivity (Wildman–Crippen MR) is 107 cm³/mol. The molecule has 0 aliphatic rings. The van der Waals surface area contributed by atoms with Crippen LogP contribution in [0, 0.1) is 12.7 Å². The lowest BCUT2D eigenvalue weighted by Gasteiger charge is -2.13. The highest BCUT2D eigenvalue weighted by Crippen LogP contribution is 2.30. The lowest BCUT2D eigenvalue weighted by molar-refractivity contribution is -0.137. The smallest absolute Gasteiger partial charge is 0.323 e. The maximum absolute atomic E-state index is 13.9. The number of benzene rings is 2. The van der Waals surface area contributed by atoms with Crippen LogP contribution in [0.15, 0.2) is 51.7 Å². The van der Waals surface area contributed by atoms with Crippen LogP contribution in [0.1, 0.15) is 5.82 Å². The SMILES string of the molecule is Cc1nc2c(-c3ccc(Br)cc3)nc3ccc(F)cc3c2c(=O)n1CC(=O)O. The fourth-order valence-electron chi connectivity index (χ4n) is 3.19. The molecular formula is C20H13BrFN3O3. The van der Waals surface area contributed by atoms with Crippen LogP contribution >= 0.6 is 15.9 Å². The number of hydrogen-bond donors (Lipinski definition) is 1. The van der Waals surface area contributed by atoms with Crippen molar-refractivity contribution in [2.24, 2.45) is 0 Å². The van der Waals surface area contributed by atoms with Gasteiger partial charge >= 0.3 is 5.97 Å². The number of carbonyl (C=O) groups is 1. The summed E-state index contributed by atoms with van der Waals surface area (Å²) in [7, 11) is 0. The van der Waals surface area contributed by atoms with Crippen molar-refractivity contribution in [3.8, 4) is 11.3 Å². The highest BCUT2D eigenvalue weighted by atomic mass is 79.9. The Kier molecular flexibility index (Phi) is 4.43. The van der Waals surface area contributed by atoms with E-state index in [2.05, 4.69) is 25.9 Å². The molecule has 1 N–H and O–H groups in total. The van der Waals surface area contributed by atoms with Crippen molar-refractivity contribution in [1.82, 2.24) is 14.5 Å². The molecule has 28 heavy (non-hydrogen) atoms. The first kappa shape index (κ1) is 18.2. The van der Waals surface area contributed by atoms with Gasteiger partial charge in [0.15, 0.2) is 0 Å². The second-order valence-corrected chi connectivity index (χ2v) is 7.21. The first-order valence-electron chi connectivity index (χ1n) is 8.33. The van der Waals surface area contributed by atoms with E-state index in [9.17, 15) is 14.0 Å². The standard InChI is InChI=1S/C20H13BrFN3O3/c1-10-23-19-17(20(28)25(10)9-16(26)27)14-8-13(22)6-7-15(14)24-18(19)11-2-4-12(21)5-3-11/h2-8H,9H2,1H3,(H,26,27). The Hall–Kier alpha value is -3.13. The number of halogens is 2. The molecule has 2 aromatic carbocycles. The van der Waals surface area contributed by atoms with Gasteiger partial charge < -0.3 is 5.11 Å². The topological polar surface area (TPSA) is 85.1 Å². The Morgan fingerprint density at radius 2 is 1.89 bits per heavy atom. The van der Waals surface area contributed by atoms with Crippen LogP contribution in [0.4, 0.5) is 4.39 Å². The summed E-state index contributed by atoms with van der Waals surface area (Å²) in [6, 6.07) is 11.3. The fraction of sp³-hybridized carbons (Fsp3) is 0.100. The van der Waals surface area contributed by atoms with Crippen LogP contribution in [0.5, 0.6) is 0 Å². The van der Waals surface area contributed by atoms with Crippen molar-refractivity contribution >= 4 is 43.7 Å². The number of aromatic nitrogens is 3. The molecule has 8 heteroatoms. The second-order valence-electron chi connectivity index (χ2n) is 6.30. The van der Waals surface area contributed by atoms with Gasteiger partial charge in [0, 0.05) is 15.4 Å². The van der Waals surface area contributed by atoms with E-state index in [-0.39, 0.29) is 11.2 Å². The average molecular weight is 442 g/mol. The Balaban J connectivity index is 2.19. The monoisotopic (exact) mass is 441 g/mol. The molecule has 0 aliphatic heterocycles. The van der Waals surface area contributed by atoms with Crippen LogP contribution in [-0.4, -0.2) is 25.6 Å². The Labute approximate surface area is 166 Å². The zero-order valence-corrected chi connectivity index (χ0v) is 16.2. The molecule has 0 bridgehead atoms. The number of hydrogen-bond acceptors (Lipinski definition) is 4. The highest BCUT2D eigenvalue weighted by molar-refractivity contribution is 9.10. The summed E-state index contributed by atoms with van der Waals surface area (Å²) in [6.45, 7) is 1.03. The van der Waals surface area contributed by atoms with E-state index in [1.165, 1.54) is 18.2 Å². The van der Waals surface area contributed by atoms with Crippen molar-refractivity contribution in [3.05, 3.63) is 68.9 Å². The van der Waals surface area contributed by atoms with E-state index in [4.69, 9.17) is 5.11 Å². The van der Waals surface area contributed by atoms with Crippen molar-refractivity contribution in [2.75, 3.05) is 0 Å². The van der Waals surface area contributed by atoms with Gasteiger partial charge in [-0.25, -0.2) is 14.4 Å². The third-order valence-corrected chi connectivity index (χ3v) is 4.98. The molecule has 140 valence electrons. The van der Waals surface area contributed by atoms with Gasteiger partial charge in [0.2, 0.25) is 0 Å². The van der Waals surface area contributed by atoms with Crippen LogP contribution < -0.4 is 5.56 Å². The minimum Gasteiger partial charge on any atom is -0.480 e. The van der Waals surface area contributed by atoms with Gasteiger partial charge in [0.25, 0.3) is 5.56 Å². The summed E-state index contributed by atoms with van der Waals surface area (Å²) < 4.78 is 15.9. The number of aliphatic carboxylic acids is 1. The Morgan fingerprint density at radius 3 is 2.57 bits per heavy atom. The number of carboxylic acids is 1. The maximum atomic E-state index is 13.9. The van der Waals surface area contributed by atoms with Crippen molar-refractivity contribution in [2.45, 2.75) is 13.5 Å². The van der Waals surface area contributed by atoms with Gasteiger partial charge in [0.05, 0.1) is 16.6 Å². The van der Waals surface area contributed by atoms with Crippen LogP contribution in [0.3, 0.4) is 0 Å². The van der Waals surface area contributed by atoms with Gasteiger partial charge in [-0.1, -0.05) is 28.1 Å². The number of rotatable bonds is 3.